The second-order valence-corrected chi connectivity index (χ2v) is 2.76. The molecule has 0 heterocycles. The van der Waals surface area contributed by atoms with Crippen molar-refractivity contribution in [3.63, 3.8) is 0 Å². The Morgan fingerprint density at radius 3 is 1.28 bits per heavy atom. The van der Waals surface area contributed by atoms with Gasteiger partial charge >= 0.3 is 11.9 Å². The highest BCUT2D eigenvalue weighted by Crippen LogP contribution is 2.00. The normalized spacial score (nSPS) is 8.56. The zero-order valence-corrected chi connectivity index (χ0v) is 8.99. The highest BCUT2D eigenvalue weighted by molar-refractivity contribution is 5.78. The molecule has 0 aliphatic carbocycles. The Labute approximate surface area is 102 Å². The fourth-order valence-electron chi connectivity index (χ4n) is 0.748. The number of rotatable bonds is 5. The van der Waals surface area contributed by atoms with E-state index in [0.29, 0.717) is 0 Å². The molecule has 0 aromatic heterocycles. The molecule has 0 unspecified atom stereocenters. The summed E-state index contributed by atoms with van der Waals surface area (Å²) in [5, 5.41) is 33.3. The quantitative estimate of drug-likeness (QED) is 0.599. The largest absolute Gasteiger partial charge is 0.432 e. The number of nitrogens with zero attached hydrogens (tertiary/aromatic N) is 4. The highest BCUT2D eigenvalue weighted by Gasteiger charge is 2.17. The maximum atomic E-state index is 11.0. The van der Waals surface area contributed by atoms with Crippen LogP contribution in [0.1, 0.15) is 12.8 Å². The molecule has 8 heteroatoms. The van der Waals surface area contributed by atoms with E-state index in [1.807, 2.05) is 0 Å². The van der Waals surface area contributed by atoms with E-state index >= 15 is 0 Å². The third kappa shape index (κ3) is 5.70. The summed E-state index contributed by atoms with van der Waals surface area (Å²) in [4.78, 5) is 22.1. The topological polar surface area (TPSA) is 148 Å². The number of ether oxygens (including phenoxy) is 2. The van der Waals surface area contributed by atoms with Crippen LogP contribution in [0.25, 0.3) is 0 Å². The number of hydrogen-bond acceptors (Lipinski definition) is 8. The van der Waals surface area contributed by atoms with Crippen LogP contribution in [0.4, 0.5) is 0 Å². The Morgan fingerprint density at radius 1 is 0.778 bits per heavy atom. The van der Waals surface area contributed by atoms with Gasteiger partial charge in [0.25, 0.3) is 12.2 Å². The van der Waals surface area contributed by atoms with Crippen molar-refractivity contribution in [3.8, 4) is 24.3 Å². The second-order valence-electron chi connectivity index (χ2n) is 2.76. The smallest absolute Gasteiger partial charge is 0.308 e. The minimum atomic E-state index is -1.53. The first kappa shape index (κ1) is 14.9. The van der Waals surface area contributed by atoms with Gasteiger partial charge in [0, 0.05) is 0 Å². The summed E-state index contributed by atoms with van der Waals surface area (Å²) < 4.78 is 8.72. The van der Waals surface area contributed by atoms with E-state index in [2.05, 4.69) is 9.47 Å². The molecule has 0 radical (unpaired) electrons. The summed E-state index contributed by atoms with van der Waals surface area (Å²) in [5.41, 5.74) is 0. The predicted molar refractivity (Wildman–Crippen MR) is 51.4 cm³/mol. The summed E-state index contributed by atoms with van der Waals surface area (Å²) in [7, 11) is 0. The third-order valence-electron chi connectivity index (χ3n) is 1.50. The summed E-state index contributed by atoms with van der Waals surface area (Å²) in [6.45, 7) is 0. The molecule has 18 heavy (non-hydrogen) atoms. The fraction of sp³-hybridized carbons (Fsp3) is 0.400. The van der Waals surface area contributed by atoms with E-state index in [1.54, 1.807) is 0 Å². The number of carbonyl (C=O) groups excluding carboxylic acids is 2. The fourth-order valence-corrected chi connectivity index (χ4v) is 0.748. The van der Waals surface area contributed by atoms with Gasteiger partial charge in [-0.25, -0.2) is 0 Å². The van der Waals surface area contributed by atoms with Gasteiger partial charge in [0.15, 0.2) is 0 Å². The van der Waals surface area contributed by atoms with Crippen molar-refractivity contribution in [2.45, 2.75) is 25.0 Å². The van der Waals surface area contributed by atoms with Crippen molar-refractivity contribution in [2.75, 3.05) is 0 Å². The van der Waals surface area contributed by atoms with Gasteiger partial charge in [-0.1, -0.05) is 0 Å². The Bertz CT molecular complexity index is 414. The van der Waals surface area contributed by atoms with Crippen LogP contribution in [0, 0.1) is 45.3 Å². The minimum absolute atomic E-state index is 0.414. The van der Waals surface area contributed by atoms with E-state index in [-0.39, 0.29) is 0 Å². The first-order valence-electron chi connectivity index (χ1n) is 4.54. The van der Waals surface area contributed by atoms with Gasteiger partial charge in [-0.3, -0.25) is 9.59 Å². The Morgan fingerprint density at radius 2 is 1.06 bits per heavy atom. The van der Waals surface area contributed by atoms with Crippen LogP contribution in [-0.2, 0) is 19.1 Å². The lowest BCUT2D eigenvalue weighted by molar-refractivity contribution is -0.151. The Hall–Kier alpha value is -3.10. The number of esters is 2. The van der Waals surface area contributed by atoms with Crippen molar-refractivity contribution in [2.24, 2.45) is 0 Å². The lowest BCUT2D eigenvalue weighted by Gasteiger charge is -2.05. The Kier molecular flexibility index (Phi) is 6.70. The molecule has 0 N–H and O–H groups in total. The van der Waals surface area contributed by atoms with E-state index < -0.39 is 37.0 Å². The molecule has 0 amide bonds. The SMILES string of the molecule is N#CC(C#N)OC(=O)CCC(=O)OC(C#N)C#N. The van der Waals surface area contributed by atoms with Gasteiger partial charge in [-0.05, 0) is 0 Å². The molecule has 0 aliphatic rings. The molecule has 0 aromatic rings. The maximum Gasteiger partial charge on any atom is 0.308 e. The molecule has 0 saturated carbocycles. The van der Waals surface area contributed by atoms with E-state index in [1.165, 1.54) is 24.3 Å². The molecule has 90 valence electrons. The van der Waals surface area contributed by atoms with Crippen molar-refractivity contribution in [1.29, 1.82) is 21.0 Å². The summed E-state index contributed by atoms with van der Waals surface area (Å²) in [5.74, 6) is -1.85. The van der Waals surface area contributed by atoms with Gasteiger partial charge in [-0.2, -0.15) is 21.0 Å². The first-order chi connectivity index (χ1) is 8.57. The minimum Gasteiger partial charge on any atom is -0.432 e. The molecule has 0 spiro atoms. The van der Waals surface area contributed by atoms with Crippen molar-refractivity contribution >= 4 is 11.9 Å². The van der Waals surface area contributed by atoms with Crippen LogP contribution in [0.15, 0.2) is 0 Å². The van der Waals surface area contributed by atoms with E-state index in [4.69, 9.17) is 21.0 Å². The standard InChI is InChI=1S/C10H6N4O4/c11-3-7(4-12)17-9(15)1-2-10(16)18-8(5-13)6-14/h7-8H,1-2H2. The lowest BCUT2D eigenvalue weighted by atomic mass is 10.3. The third-order valence-corrected chi connectivity index (χ3v) is 1.50. The molecular formula is C10H6N4O4. The summed E-state index contributed by atoms with van der Waals surface area (Å²) in [6, 6.07) is 5.66. The second kappa shape index (κ2) is 8.10. The van der Waals surface area contributed by atoms with Crippen molar-refractivity contribution in [3.05, 3.63) is 0 Å². The monoisotopic (exact) mass is 246 g/mol. The highest BCUT2D eigenvalue weighted by atomic mass is 16.5. The molecule has 0 bridgehead atoms. The number of nitriles is 4. The average Bonchev–Trinajstić information content (AvgIpc) is 2.39. The maximum absolute atomic E-state index is 11.0. The molecule has 8 nitrogen and oxygen atoms in total. The summed E-state index contributed by atoms with van der Waals surface area (Å²) in [6.07, 6.45) is -3.89. The van der Waals surface area contributed by atoms with Crippen molar-refractivity contribution in [1.82, 2.24) is 0 Å². The van der Waals surface area contributed by atoms with Gasteiger partial charge in [0.05, 0.1) is 12.8 Å². The van der Waals surface area contributed by atoms with Crippen LogP contribution in [0.3, 0.4) is 0 Å². The molecule has 0 aromatic carbocycles. The van der Waals surface area contributed by atoms with E-state index in [9.17, 15) is 9.59 Å². The Balaban J connectivity index is 4.06. The molecule has 0 fully saturated rings. The van der Waals surface area contributed by atoms with Gasteiger partial charge in [-0.15, -0.1) is 0 Å². The van der Waals surface area contributed by atoms with Gasteiger partial charge in [0.2, 0.25) is 0 Å². The number of carbonyl (C=O) groups is 2. The zero-order chi connectivity index (χ0) is 14.0. The van der Waals surface area contributed by atoms with Crippen LogP contribution >= 0.6 is 0 Å². The van der Waals surface area contributed by atoms with Gasteiger partial charge < -0.3 is 9.47 Å². The lowest BCUT2D eigenvalue weighted by Crippen LogP contribution is -2.18. The van der Waals surface area contributed by atoms with E-state index in [0.717, 1.165) is 0 Å². The van der Waals surface area contributed by atoms with Crippen molar-refractivity contribution < 1.29 is 19.1 Å². The molecule has 0 aliphatic heterocycles. The summed E-state index contributed by atoms with van der Waals surface area (Å²) >= 11 is 0. The van der Waals surface area contributed by atoms with Crippen LogP contribution < -0.4 is 0 Å². The predicted octanol–water partition coefficient (Wildman–Crippen LogP) is -0.315. The molecular weight excluding hydrogens is 240 g/mol. The molecule has 0 atom stereocenters. The number of hydrogen-bond donors (Lipinski definition) is 0. The van der Waals surface area contributed by atoms with Crippen LogP contribution in [0.2, 0.25) is 0 Å². The molecule has 0 saturated heterocycles. The van der Waals surface area contributed by atoms with Crippen LogP contribution in [0.5, 0.6) is 0 Å². The first-order valence-corrected chi connectivity index (χ1v) is 4.54. The van der Waals surface area contributed by atoms with Gasteiger partial charge in [0.1, 0.15) is 24.3 Å². The average molecular weight is 246 g/mol. The van der Waals surface area contributed by atoms with Crippen LogP contribution in [-0.4, -0.2) is 24.1 Å². The zero-order valence-electron chi connectivity index (χ0n) is 8.99. The molecule has 0 rings (SSSR count).